The van der Waals surface area contributed by atoms with Crippen LogP contribution in [0.25, 0.3) is 0 Å². The number of unbranched alkanes of at least 4 members (excludes halogenated alkanes) is 41. The van der Waals surface area contributed by atoms with E-state index in [1.807, 2.05) is 0 Å². The van der Waals surface area contributed by atoms with Gasteiger partial charge in [-0.15, -0.1) is 0 Å². The lowest BCUT2D eigenvalue weighted by atomic mass is 10.00. The van der Waals surface area contributed by atoms with Crippen molar-refractivity contribution in [2.45, 2.75) is 353 Å². The molecule has 0 fully saturated rings. The van der Waals surface area contributed by atoms with Crippen molar-refractivity contribution in [3.63, 3.8) is 0 Å². The Morgan fingerprint density at radius 2 is 0.592 bits per heavy atom. The summed E-state index contributed by atoms with van der Waals surface area (Å²) in [6.07, 6.45) is 76.4. The Bertz CT molecular complexity index is 1170. The van der Waals surface area contributed by atoms with E-state index < -0.39 is 36.9 Å². The van der Waals surface area contributed by atoms with E-state index in [0.29, 0.717) is 19.3 Å². The third-order valence-electron chi connectivity index (χ3n) is 14.7. The SMILES string of the molecule is CCCCCCCCCCCCC/C=C/CC/C=C/CC/C=C/CCCC(O)C(O)C(CO)NC(=O)C(O)CCCCCCCCCCCCCCCCC/C=C\CCCCCCCCCCCCCC. The Hall–Kier alpha value is -1.73. The topological polar surface area (TPSA) is 110 Å². The first-order chi connectivity index (χ1) is 35.0. The van der Waals surface area contributed by atoms with E-state index in [4.69, 9.17) is 0 Å². The molecule has 0 aliphatic rings. The molecule has 418 valence electrons. The van der Waals surface area contributed by atoms with Crippen LogP contribution in [0.2, 0.25) is 0 Å². The fourth-order valence-corrected chi connectivity index (χ4v) is 9.79. The van der Waals surface area contributed by atoms with Crippen molar-refractivity contribution >= 4 is 5.91 Å². The third-order valence-corrected chi connectivity index (χ3v) is 14.7. The molecule has 6 heteroatoms. The largest absolute Gasteiger partial charge is 0.394 e. The Kier molecular flexibility index (Phi) is 57.7. The van der Waals surface area contributed by atoms with E-state index >= 15 is 0 Å². The van der Waals surface area contributed by atoms with Crippen LogP contribution in [0.4, 0.5) is 0 Å². The van der Waals surface area contributed by atoms with Gasteiger partial charge in [0.15, 0.2) is 0 Å². The molecule has 0 aromatic carbocycles. The van der Waals surface area contributed by atoms with Gasteiger partial charge in [0, 0.05) is 0 Å². The zero-order valence-corrected chi connectivity index (χ0v) is 47.5. The summed E-state index contributed by atoms with van der Waals surface area (Å²) in [4.78, 5) is 12.6. The standard InChI is InChI=1S/C65H123NO5/c1-3-5-7-9-11-13-15-17-19-21-23-25-27-29-30-31-32-33-34-35-37-39-41-43-45-47-49-51-53-55-57-59-63(69)65(71)66-61(60-67)64(70)62(68)58-56-54-52-50-48-46-44-42-40-38-36-28-26-24-22-20-18-16-14-12-10-8-6-4-2/h28-30,36,42,44,50,52,61-64,67-70H,3-27,31-35,37-41,43,45-49,51,53-60H2,1-2H3,(H,66,71)/b30-29-,36-28+,44-42+,52-50+. The summed E-state index contributed by atoms with van der Waals surface area (Å²) in [5.41, 5.74) is 0. The molecule has 0 spiro atoms. The third kappa shape index (κ3) is 52.9. The molecule has 0 aliphatic heterocycles. The van der Waals surface area contributed by atoms with Crippen LogP contribution in [0.15, 0.2) is 48.6 Å². The predicted molar refractivity (Wildman–Crippen MR) is 311 cm³/mol. The van der Waals surface area contributed by atoms with Crippen molar-refractivity contribution in [1.82, 2.24) is 5.32 Å². The second-order valence-electron chi connectivity index (χ2n) is 21.7. The average molecular weight is 999 g/mol. The van der Waals surface area contributed by atoms with Gasteiger partial charge in [-0.25, -0.2) is 0 Å². The van der Waals surface area contributed by atoms with Crippen LogP contribution in [-0.4, -0.2) is 57.3 Å². The van der Waals surface area contributed by atoms with Crippen molar-refractivity contribution < 1.29 is 25.2 Å². The van der Waals surface area contributed by atoms with Gasteiger partial charge in [0.1, 0.15) is 12.2 Å². The number of nitrogens with one attached hydrogen (secondary N) is 1. The van der Waals surface area contributed by atoms with Crippen LogP contribution in [0.1, 0.15) is 328 Å². The highest BCUT2D eigenvalue weighted by Crippen LogP contribution is 2.18. The van der Waals surface area contributed by atoms with Crippen molar-refractivity contribution in [2.75, 3.05) is 6.61 Å². The summed E-state index contributed by atoms with van der Waals surface area (Å²) < 4.78 is 0. The molecule has 1 amide bonds. The first-order valence-electron chi connectivity index (χ1n) is 31.5. The average Bonchev–Trinajstić information content (AvgIpc) is 3.38. The van der Waals surface area contributed by atoms with Crippen molar-refractivity contribution in [1.29, 1.82) is 0 Å². The smallest absolute Gasteiger partial charge is 0.249 e. The second kappa shape index (κ2) is 59.2. The van der Waals surface area contributed by atoms with Crippen molar-refractivity contribution in [3.8, 4) is 0 Å². The molecule has 4 atom stereocenters. The Balaban J connectivity index is 3.64. The highest BCUT2D eigenvalue weighted by atomic mass is 16.3. The van der Waals surface area contributed by atoms with Gasteiger partial charge >= 0.3 is 0 Å². The minimum Gasteiger partial charge on any atom is -0.394 e. The summed E-state index contributed by atoms with van der Waals surface area (Å²) in [5, 5.41) is 44.1. The monoisotopic (exact) mass is 998 g/mol. The minimum absolute atomic E-state index is 0.359. The van der Waals surface area contributed by atoms with Crippen LogP contribution < -0.4 is 5.32 Å². The molecule has 5 N–H and O–H groups in total. The lowest BCUT2D eigenvalue weighted by Crippen LogP contribution is -2.53. The van der Waals surface area contributed by atoms with Crippen LogP contribution in [-0.2, 0) is 4.79 Å². The number of hydrogen-bond acceptors (Lipinski definition) is 5. The molecule has 71 heavy (non-hydrogen) atoms. The van der Waals surface area contributed by atoms with Gasteiger partial charge in [0.25, 0.3) is 0 Å². The molecule has 6 nitrogen and oxygen atoms in total. The first kappa shape index (κ1) is 69.3. The fourth-order valence-electron chi connectivity index (χ4n) is 9.79. The molecule has 0 aromatic heterocycles. The predicted octanol–water partition coefficient (Wildman–Crippen LogP) is 18.9. The second-order valence-corrected chi connectivity index (χ2v) is 21.7. The van der Waals surface area contributed by atoms with Crippen LogP contribution in [0.5, 0.6) is 0 Å². The van der Waals surface area contributed by atoms with Crippen LogP contribution >= 0.6 is 0 Å². The molecule has 0 radical (unpaired) electrons. The molecular formula is C65H123NO5. The zero-order chi connectivity index (χ0) is 51.6. The van der Waals surface area contributed by atoms with E-state index in [1.54, 1.807) is 0 Å². The van der Waals surface area contributed by atoms with Gasteiger partial charge in [-0.3, -0.25) is 4.79 Å². The zero-order valence-electron chi connectivity index (χ0n) is 47.5. The summed E-state index contributed by atoms with van der Waals surface area (Å²) in [7, 11) is 0. The summed E-state index contributed by atoms with van der Waals surface area (Å²) in [6, 6.07) is -1.01. The Morgan fingerprint density at radius 1 is 0.338 bits per heavy atom. The quantitative estimate of drug-likeness (QED) is 0.0308. The molecule has 0 heterocycles. The summed E-state index contributed by atoms with van der Waals surface area (Å²) >= 11 is 0. The molecule has 4 unspecified atom stereocenters. The number of hydrogen-bond donors (Lipinski definition) is 5. The number of carbonyl (C=O) groups excluding carboxylic acids is 1. The van der Waals surface area contributed by atoms with E-state index in [9.17, 15) is 25.2 Å². The number of allylic oxidation sites excluding steroid dienone is 8. The first-order valence-corrected chi connectivity index (χ1v) is 31.5. The van der Waals surface area contributed by atoms with Crippen molar-refractivity contribution in [2.24, 2.45) is 0 Å². The highest BCUT2D eigenvalue weighted by molar-refractivity contribution is 5.80. The normalized spacial score (nSPS) is 13.9. The molecular weight excluding hydrogens is 875 g/mol. The van der Waals surface area contributed by atoms with Crippen LogP contribution in [0.3, 0.4) is 0 Å². The number of aliphatic hydroxyl groups is 4. The van der Waals surface area contributed by atoms with Gasteiger partial charge in [0.05, 0.1) is 18.8 Å². The van der Waals surface area contributed by atoms with Gasteiger partial charge in [-0.05, 0) is 89.9 Å². The highest BCUT2D eigenvalue weighted by Gasteiger charge is 2.28. The van der Waals surface area contributed by atoms with E-state index in [2.05, 4.69) is 67.8 Å². The fraction of sp³-hybridized carbons (Fsp3) is 0.862. The van der Waals surface area contributed by atoms with Gasteiger partial charge in [-0.1, -0.05) is 287 Å². The number of aliphatic hydroxyl groups excluding tert-OH is 4. The van der Waals surface area contributed by atoms with E-state index in [0.717, 1.165) is 51.4 Å². The minimum atomic E-state index is -1.30. The molecule has 0 saturated heterocycles. The maximum Gasteiger partial charge on any atom is 0.249 e. The van der Waals surface area contributed by atoms with E-state index in [-0.39, 0.29) is 0 Å². The van der Waals surface area contributed by atoms with Gasteiger partial charge < -0.3 is 25.7 Å². The maximum atomic E-state index is 12.6. The maximum absolute atomic E-state index is 12.6. The van der Waals surface area contributed by atoms with Gasteiger partial charge in [0.2, 0.25) is 5.91 Å². The molecule has 0 saturated carbocycles. The molecule has 0 bridgehead atoms. The lowest BCUT2D eigenvalue weighted by Gasteiger charge is -2.27. The summed E-state index contributed by atoms with van der Waals surface area (Å²) in [6.45, 7) is 4.07. The molecule has 0 aliphatic carbocycles. The van der Waals surface area contributed by atoms with Crippen molar-refractivity contribution in [3.05, 3.63) is 48.6 Å². The van der Waals surface area contributed by atoms with Gasteiger partial charge in [-0.2, -0.15) is 0 Å². The van der Waals surface area contributed by atoms with Crippen LogP contribution in [0, 0.1) is 0 Å². The van der Waals surface area contributed by atoms with E-state index in [1.165, 1.54) is 244 Å². The molecule has 0 aromatic rings. The summed E-state index contributed by atoms with van der Waals surface area (Å²) in [5.74, 6) is -0.596. The Labute approximate surface area is 442 Å². The lowest BCUT2D eigenvalue weighted by molar-refractivity contribution is -0.132. The Morgan fingerprint density at radius 3 is 0.887 bits per heavy atom. The number of amides is 1. The molecule has 0 rings (SSSR count). The number of rotatable bonds is 58. The number of carbonyl (C=O) groups is 1.